The molecule has 142 valence electrons. The number of nitrogens with zero attached hydrogens (tertiary/aromatic N) is 1. The smallest absolute Gasteiger partial charge is 0.251 e. The van der Waals surface area contributed by atoms with E-state index in [1.807, 2.05) is 18.2 Å². The Morgan fingerprint density at radius 2 is 1.63 bits per heavy atom. The molecule has 1 aliphatic rings. The maximum Gasteiger partial charge on any atom is 0.251 e. The van der Waals surface area contributed by atoms with Crippen molar-refractivity contribution in [3.05, 3.63) is 70.2 Å². The summed E-state index contributed by atoms with van der Waals surface area (Å²) in [5, 5.41) is 5.64. The van der Waals surface area contributed by atoms with Gasteiger partial charge in [0.1, 0.15) is 0 Å². The number of benzene rings is 2. The van der Waals surface area contributed by atoms with Gasteiger partial charge in [-0.05, 0) is 55.8 Å². The van der Waals surface area contributed by atoms with Crippen LogP contribution in [-0.4, -0.2) is 42.9 Å². The van der Waals surface area contributed by atoms with E-state index in [1.54, 1.807) is 24.3 Å². The van der Waals surface area contributed by atoms with E-state index < -0.39 is 0 Å². The van der Waals surface area contributed by atoms with Crippen LogP contribution in [0.5, 0.6) is 0 Å². The Bertz CT molecular complexity index is 759. The molecule has 0 aromatic heterocycles. The van der Waals surface area contributed by atoms with Gasteiger partial charge in [0.2, 0.25) is 5.91 Å². The van der Waals surface area contributed by atoms with Crippen molar-refractivity contribution < 1.29 is 9.59 Å². The van der Waals surface area contributed by atoms with Crippen LogP contribution in [0.4, 0.5) is 0 Å². The highest BCUT2D eigenvalue weighted by Gasteiger charge is 2.23. The molecule has 1 fully saturated rings. The number of hydrogen-bond acceptors (Lipinski definition) is 3. The number of hydrogen-bond donors (Lipinski definition) is 2. The average Bonchev–Trinajstić information content (AvgIpc) is 3.22. The lowest BCUT2D eigenvalue weighted by Gasteiger charge is -2.28. The summed E-state index contributed by atoms with van der Waals surface area (Å²) in [4.78, 5) is 26.8. The molecule has 1 atom stereocenters. The van der Waals surface area contributed by atoms with Gasteiger partial charge in [-0.1, -0.05) is 46.3 Å². The second kappa shape index (κ2) is 9.67. The van der Waals surface area contributed by atoms with Gasteiger partial charge in [0.05, 0.1) is 12.6 Å². The van der Waals surface area contributed by atoms with Crippen molar-refractivity contribution in [1.82, 2.24) is 15.5 Å². The number of carbonyl (C=O) groups excluding carboxylic acids is 2. The van der Waals surface area contributed by atoms with E-state index in [4.69, 9.17) is 0 Å². The summed E-state index contributed by atoms with van der Waals surface area (Å²) in [5.74, 6) is -0.433. The average molecular weight is 430 g/mol. The Morgan fingerprint density at radius 3 is 2.30 bits per heavy atom. The fourth-order valence-corrected chi connectivity index (χ4v) is 3.59. The molecule has 0 radical (unpaired) electrons. The molecular formula is C21H24BrN3O2. The highest BCUT2D eigenvalue weighted by Crippen LogP contribution is 2.24. The van der Waals surface area contributed by atoms with Crippen molar-refractivity contribution in [2.75, 3.05) is 26.2 Å². The van der Waals surface area contributed by atoms with Crippen molar-refractivity contribution in [3.8, 4) is 0 Å². The number of carbonyl (C=O) groups is 2. The topological polar surface area (TPSA) is 61.4 Å². The zero-order chi connectivity index (χ0) is 19.1. The summed E-state index contributed by atoms with van der Waals surface area (Å²) in [5.41, 5.74) is 1.74. The molecule has 2 aromatic carbocycles. The van der Waals surface area contributed by atoms with Gasteiger partial charge < -0.3 is 10.6 Å². The molecule has 1 saturated heterocycles. The van der Waals surface area contributed by atoms with Crippen LogP contribution in [0.3, 0.4) is 0 Å². The lowest BCUT2D eigenvalue weighted by Crippen LogP contribution is -2.41. The minimum atomic E-state index is -0.253. The van der Waals surface area contributed by atoms with Gasteiger partial charge >= 0.3 is 0 Å². The maximum atomic E-state index is 12.2. The molecule has 1 unspecified atom stereocenters. The van der Waals surface area contributed by atoms with Crippen LogP contribution in [0.2, 0.25) is 0 Å². The fourth-order valence-electron chi connectivity index (χ4n) is 3.32. The lowest BCUT2D eigenvalue weighted by atomic mass is 10.1. The monoisotopic (exact) mass is 429 g/mol. The Labute approximate surface area is 168 Å². The van der Waals surface area contributed by atoms with Crippen molar-refractivity contribution in [2.45, 2.75) is 18.9 Å². The predicted molar refractivity (Wildman–Crippen MR) is 109 cm³/mol. The van der Waals surface area contributed by atoms with Crippen LogP contribution < -0.4 is 10.6 Å². The van der Waals surface area contributed by atoms with Crippen LogP contribution in [0.15, 0.2) is 59.1 Å². The van der Waals surface area contributed by atoms with Crippen LogP contribution >= 0.6 is 15.9 Å². The van der Waals surface area contributed by atoms with Gasteiger partial charge in [0, 0.05) is 16.6 Å². The number of amides is 2. The molecule has 27 heavy (non-hydrogen) atoms. The molecular weight excluding hydrogens is 406 g/mol. The summed E-state index contributed by atoms with van der Waals surface area (Å²) in [6, 6.07) is 17.5. The van der Waals surface area contributed by atoms with Crippen LogP contribution in [0, 0.1) is 0 Å². The third-order valence-corrected chi connectivity index (χ3v) is 5.30. The first kappa shape index (κ1) is 19.6. The van der Waals surface area contributed by atoms with E-state index in [-0.39, 0.29) is 24.4 Å². The lowest BCUT2D eigenvalue weighted by molar-refractivity contribution is -0.120. The Balaban J connectivity index is 1.51. The Kier molecular flexibility index (Phi) is 7.01. The van der Waals surface area contributed by atoms with Crippen molar-refractivity contribution in [3.63, 3.8) is 0 Å². The summed E-state index contributed by atoms with van der Waals surface area (Å²) < 4.78 is 0.908. The number of rotatable bonds is 7. The van der Waals surface area contributed by atoms with Crippen LogP contribution in [0.25, 0.3) is 0 Å². The maximum absolute atomic E-state index is 12.2. The molecule has 0 bridgehead atoms. The molecule has 1 aliphatic heterocycles. The Morgan fingerprint density at radius 1 is 0.963 bits per heavy atom. The van der Waals surface area contributed by atoms with E-state index in [0.29, 0.717) is 12.1 Å². The first-order chi connectivity index (χ1) is 13.1. The highest BCUT2D eigenvalue weighted by molar-refractivity contribution is 9.10. The van der Waals surface area contributed by atoms with Gasteiger partial charge in [-0.25, -0.2) is 0 Å². The van der Waals surface area contributed by atoms with Gasteiger partial charge in [0.25, 0.3) is 5.91 Å². The molecule has 0 saturated carbocycles. The first-order valence-corrected chi connectivity index (χ1v) is 10.0. The van der Waals surface area contributed by atoms with Crippen molar-refractivity contribution >= 4 is 27.7 Å². The normalized spacial score (nSPS) is 15.3. The molecule has 0 aliphatic carbocycles. The number of nitrogens with one attached hydrogen (secondary N) is 2. The molecule has 1 heterocycles. The largest absolute Gasteiger partial charge is 0.353 e. The van der Waals surface area contributed by atoms with Gasteiger partial charge in [-0.2, -0.15) is 0 Å². The third-order valence-electron chi connectivity index (χ3n) is 4.77. The molecule has 3 rings (SSSR count). The second-order valence-electron chi connectivity index (χ2n) is 6.66. The number of likely N-dealkylation sites (tertiary alicyclic amines) is 1. The van der Waals surface area contributed by atoms with E-state index in [9.17, 15) is 9.59 Å². The predicted octanol–water partition coefficient (Wildman–Crippen LogP) is 3.13. The molecule has 2 N–H and O–H groups in total. The molecule has 2 aromatic rings. The van der Waals surface area contributed by atoms with Gasteiger partial charge in [0.15, 0.2) is 0 Å². The van der Waals surface area contributed by atoms with E-state index in [1.165, 1.54) is 18.4 Å². The molecule has 6 heteroatoms. The molecule has 5 nitrogen and oxygen atoms in total. The summed E-state index contributed by atoms with van der Waals surface area (Å²) in [6.07, 6.45) is 2.39. The Hall–Kier alpha value is -2.18. The second-order valence-corrected chi connectivity index (χ2v) is 7.58. The fraction of sp³-hybridized carbons (Fsp3) is 0.333. The highest BCUT2D eigenvalue weighted by atomic mass is 79.9. The third kappa shape index (κ3) is 5.65. The standard InChI is InChI=1S/C21H24BrN3O2/c22-18-10-8-17(9-11-18)21(27)24-15-20(26)23-14-19(25-12-4-5-13-25)16-6-2-1-3-7-16/h1-3,6-11,19H,4-5,12-15H2,(H,23,26)(H,24,27). The van der Waals surface area contributed by atoms with Crippen LogP contribution in [-0.2, 0) is 4.79 Å². The van der Waals surface area contributed by atoms with E-state index in [2.05, 4.69) is 43.6 Å². The van der Waals surface area contributed by atoms with E-state index >= 15 is 0 Å². The molecule has 2 amide bonds. The van der Waals surface area contributed by atoms with E-state index in [0.717, 1.165) is 17.6 Å². The minimum absolute atomic E-state index is 0.0313. The zero-order valence-corrected chi connectivity index (χ0v) is 16.7. The molecule has 0 spiro atoms. The quantitative estimate of drug-likeness (QED) is 0.710. The summed E-state index contributed by atoms with van der Waals surface area (Å²) >= 11 is 3.34. The zero-order valence-electron chi connectivity index (χ0n) is 15.2. The van der Waals surface area contributed by atoms with Crippen molar-refractivity contribution in [2.24, 2.45) is 0 Å². The minimum Gasteiger partial charge on any atom is -0.353 e. The SMILES string of the molecule is O=C(CNC(=O)c1ccc(Br)cc1)NCC(c1ccccc1)N1CCCC1. The van der Waals surface area contributed by atoms with Crippen molar-refractivity contribution in [1.29, 1.82) is 0 Å². The summed E-state index contributed by atoms with van der Waals surface area (Å²) in [6.45, 7) is 2.61. The summed E-state index contributed by atoms with van der Waals surface area (Å²) in [7, 11) is 0. The van der Waals surface area contributed by atoms with Crippen LogP contribution in [0.1, 0.15) is 34.8 Å². The van der Waals surface area contributed by atoms with Gasteiger partial charge in [-0.15, -0.1) is 0 Å². The first-order valence-electron chi connectivity index (χ1n) is 9.23. The van der Waals surface area contributed by atoms with Gasteiger partial charge in [-0.3, -0.25) is 14.5 Å². The number of halogens is 1.